The molecule has 0 amide bonds. The van der Waals surface area contributed by atoms with Gasteiger partial charge in [-0.05, 0) is 56.9 Å². The van der Waals surface area contributed by atoms with Gasteiger partial charge in [0.25, 0.3) is 0 Å². The van der Waals surface area contributed by atoms with E-state index in [4.69, 9.17) is 15.2 Å². The minimum absolute atomic E-state index is 0.233. The van der Waals surface area contributed by atoms with E-state index in [-0.39, 0.29) is 5.60 Å². The lowest BCUT2D eigenvalue weighted by molar-refractivity contribution is -0.0926. The normalized spacial score (nSPS) is 36.1. The highest BCUT2D eigenvalue weighted by Gasteiger charge is 2.40. The van der Waals surface area contributed by atoms with Gasteiger partial charge < -0.3 is 15.2 Å². The summed E-state index contributed by atoms with van der Waals surface area (Å²) in [5.74, 6) is 1.38. The molecule has 1 spiro atoms. The first-order valence-corrected chi connectivity index (χ1v) is 9.27. The molecule has 3 atom stereocenters. The van der Waals surface area contributed by atoms with Crippen molar-refractivity contribution in [1.29, 1.82) is 0 Å². The van der Waals surface area contributed by atoms with E-state index in [9.17, 15) is 0 Å². The third kappa shape index (κ3) is 4.00. The van der Waals surface area contributed by atoms with Gasteiger partial charge in [-0.2, -0.15) is 0 Å². The van der Waals surface area contributed by atoms with Crippen molar-refractivity contribution in [1.82, 2.24) is 0 Å². The van der Waals surface area contributed by atoms with E-state index in [1.807, 2.05) is 0 Å². The monoisotopic (exact) mass is 295 g/mol. The molecule has 3 unspecified atom stereocenters. The highest BCUT2D eigenvalue weighted by Crippen LogP contribution is 2.42. The van der Waals surface area contributed by atoms with Crippen molar-refractivity contribution >= 4 is 0 Å². The smallest absolute Gasteiger partial charge is 0.0817 e. The molecule has 0 radical (unpaired) electrons. The summed E-state index contributed by atoms with van der Waals surface area (Å²) >= 11 is 0. The maximum absolute atomic E-state index is 6.38. The third-order valence-corrected chi connectivity index (χ3v) is 6.11. The number of ether oxygens (including phenoxy) is 2. The maximum atomic E-state index is 6.38. The van der Waals surface area contributed by atoms with E-state index in [1.165, 1.54) is 70.6 Å². The Labute approximate surface area is 129 Å². The fraction of sp³-hybridized carbons (Fsp3) is 1.00. The number of nitrogens with two attached hydrogens (primary N) is 1. The van der Waals surface area contributed by atoms with Gasteiger partial charge in [-0.25, -0.2) is 0 Å². The van der Waals surface area contributed by atoms with E-state index in [0.29, 0.717) is 17.9 Å². The zero-order valence-electron chi connectivity index (χ0n) is 13.5. The molecule has 3 nitrogen and oxygen atoms in total. The van der Waals surface area contributed by atoms with E-state index in [2.05, 4.69) is 0 Å². The summed E-state index contributed by atoms with van der Waals surface area (Å²) in [7, 11) is 0. The van der Waals surface area contributed by atoms with Crippen molar-refractivity contribution in [3.63, 3.8) is 0 Å². The second-order valence-electron chi connectivity index (χ2n) is 7.60. The van der Waals surface area contributed by atoms with Gasteiger partial charge in [-0.1, -0.05) is 32.1 Å². The summed E-state index contributed by atoms with van der Waals surface area (Å²) in [6.45, 7) is 2.53. The van der Waals surface area contributed by atoms with Crippen LogP contribution >= 0.6 is 0 Å². The van der Waals surface area contributed by atoms with Crippen LogP contribution in [-0.2, 0) is 9.47 Å². The molecule has 2 N–H and O–H groups in total. The summed E-state index contributed by atoms with van der Waals surface area (Å²) in [4.78, 5) is 0. The molecule has 3 aliphatic rings. The Morgan fingerprint density at radius 2 is 1.62 bits per heavy atom. The van der Waals surface area contributed by atoms with Crippen molar-refractivity contribution in [2.45, 2.75) is 82.3 Å². The van der Waals surface area contributed by atoms with Crippen LogP contribution in [0.5, 0.6) is 0 Å². The van der Waals surface area contributed by atoms with Crippen LogP contribution in [0.2, 0.25) is 0 Å². The Morgan fingerprint density at radius 1 is 0.857 bits per heavy atom. The summed E-state index contributed by atoms with van der Waals surface area (Å²) in [5.41, 5.74) is 6.13. The summed E-state index contributed by atoms with van der Waals surface area (Å²) < 4.78 is 12.4. The van der Waals surface area contributed by atoms with Crippen LogP contribution in [0, 0.1) is 11.8 Å². The molecule has 3 rings (SSSR count). The molecule has 21 heavy (non-hydrogen) atoms. The second kappa shape index (κ2) is 7.43. The highest BCUT2D eigenvalue weighted by atomic mass is 16.6. The lowest BCUT2D eigenvalue weighted by Crippen LogP contribution is -2.33. The molecule has 1 heterocycles. The SMILES string of the molecule is NCC1CCCCC1COCC1CCC2(CCCCC2)O1. The van der Waals surface area contributed by atoms with Gasteiger partial charge in [0.1, 0.15) is 0 Å². The molecular weight excluding hydrogens is 262 g/mol. The van der Waals surface area contributed by atoms with Crippen LogP contribution < -0.4 is 5.73 Å². The lowest BCUT2D eigenvalue weighted by atomic mass is 9.80. The van der Waals surface area contributed by atoms with Gasteiger partial charge in [-0.15, -0.1) is 0 Å². The quantitative estimate of drug-likeness (QED) is 0.842. The molecule has 2 saturated carbocycles. The first-order valence-electron chi connectivity index (χ1n) is 9.27. The Hall–Kier alpha value is -0.120. The number of rotatable bonds is 5. The molecule has 1 saturated heterocycles. The molecule has 0 aromatic carbocycles. The van der Waals surface area contributed by atoms with Crippen molar-refractivity contribution in [3.8, 4) is 0 Å². The van der Waals surface area contributed by atoms with E-state index in [0.717, 1.165) is 19.8 Å². The topological polar surface area (TPSA) is 44.5 Å². The second-order valence-corrected chi connectivity index (χ2v) is 7.60. The van der Waals surface area contributed by atoms with Crippen LogP contribution in [0.1, 0.15) is 70.6 Å². The van der Waals surface area contributed by atoms with Crippen LogP contribution in [-0.4, -0.2) is 31.5 Å². The molecule has 3 heteroatoms. The Bertz CT molecular complexity index is 314. The van der Waals surface area contributed by atoms with Crippen molar-refractivity contribution in [3.05, 3.63) is 0 Å². The molecule has 3 fully saturated rings. The summed E-state index contributed by atoms with van der Waals surface area (Å²) in [6, 6.07) is 0. The van der Waals surface area contributed by atoms with E-state index >= 15 is 0 Å². The van der Waals surface area contributed by atoms with Crippen molar-refractivity contribution < 1.29 is 9.47 Å². The van der Waals surface area contributed by atoms with Gasteiger partial charge in [0.2, 0.25) is 0 Å². The van der Waals surface area contributed by atoms with Crippen LogP contribution in [0.3, 0.4) is 0 Å². The van der Waals surface area contributed by atoms with Crippen LogP contribution in [0.25, 0.3) is 0 Å². The predicted molar refractivity (Wildman–Crippen MR) is 85.2 cm³/mol. The van der Waals surface area contributed by atoms with E-state index < -0.39 is 0 Å². The number of hydrogen-bond acceptors (Lipinski definition) is 3. The fourth-order valence-corrected chi connectivity index (χ4v) is 4.74. The molecule has 0 aromatic heterocycles. The minimum atomic E-state index is 0.233. The highest BCUT2D eigenvalue weighted by molar-refractivity contribution is 4.91. The average molecular weight is 295 g/mol. The Morgan fingerprint density at radius 3 is 2.38 bits per heavy atom. The predicted octanol–water partition coefficient (Wildman–Crippen LogP) is 3.65. The summed E-state index contributed by atoms with van der Waals surface area (Å²) in [5, 5.41) is 0. The van der Waals surface area contributed by atoms with E-state index in [1.54, 1.807) is 0 Å². The molecular formula is C18H33NO2. The zero-order chi connectivity index (χ0) is 14.5. The van der Waals surface area contributed by atoms with Gasteiger partial charge in [-0.3, -0.25) is 0 Å². The zero-order valence-corrected chi connectivity index (χ0v) is 13.5. The molecule has 0 bridgehead atoms. The lowest BCUT2D eigenvalue weighted by Gasteiger charge is -2.33. The molecule has 2 aliphatic carbocycles. The molecule has 0 aromatic rings. The third-order valence-electron chi connectivity index (χ3n) is 6.11. The Balaban J connectivity index is 1.38. The molecule has 1 aliphatic heterocycles. The van der Waals surface area contributed by atoms with Crippen LogP contribution in [0.15, 0.2) is 0 Å². The largest absolute Gasteiger partial charge is 0.378 e. The van der Waals surface area contributed by atoms with Crippen molar-refractivity contribution in [2.24, 2.45) is 17.6 Å². The van der Waals surface area contributed by atoms with Gasteiger partial charge in [0.15, 0.2) is 0 Å². The first-order chi connectivity index (χ1) is 10.3. The fourth-order valence-electron chi connectivity index (χ4n) is 4.74. The van der Waals surface area contributed by atoms with Gasteiger partial charge >= 0.3 is 0 Å². The van der Waals surface area contributed by atoms with Gasteiger partial charge in [0, 0.05) is 6.61 Å². The van der Waals surface area contributed by atoms with Crippen LogP contribution in [0.4, 0.5) is 0 Å². The maximum Gasteiger partial charge on any atom is 0.0817 e. The Kier molecular flexibility index (Phi) is 5.58. The minimum Gasteiger partial charge on any atom is -0.378 e. The van der Waals surface area contributed by atoms with Crippen molar-refractivity contribution in [2.75, 3.05) is 19.8 Å². The first kappa shape index (κ1) is 15.8. The summed E-state index contributed by atoms with van der Waals surface area (Å²) in [6.07, 6.45) is 14.8. The molecule has 122 valence electrons. The standard InChI is InChI=1S/C18H33NO2/c19-12-15-6-2-3-7-16(15)13-20-14-17-8-11-18(21-17)9-4-1-5-10-18/h15-17H,1-14,19H2. The van der Waals surface area contributed by atoms with Gasteiger partial charge in [0.05, 0.1) is 18.3 Å². The number of hydrogen-bond donors (Lipinski definition) is 1. The average Bonchev–Trinajstić information content (AvgIpc) is 2.91.